The Morgan fingerprint density at radius 1 is 1.26 bits per heavy atom. The Balaban J connectivity index is 1.54. The Hall–Kier alpha value is -3.37. The highest BCUT2D eigenvalue weighted by atomic mass is 19.3. The second-order valence-electron chi connectivity index (χ2n) is 8.31. The zero-order chi connectivity index (χ0) is 24.2. The number of alkyl carbamates (subject to hydrolysis) is 1. The van der Waals surface area contributed by atoms with Gasteiger partial charge in [0.1, 0.15) is 5.76 Å². The van der Waals surface area contributed by atoms with Gasteiger partial charge in [0.15, 0.2) is 17.2 Å². The summed E-state index contributed by atoms with van der Waals surface area (Å²) in [5.41, 5.74) is 0.664. The van der Waals surface area contributed by atoms with Crippen molar-refractivity contribution in [3.63, 3.8) is 0 Å². The van der Waals surface area contributed by atoms with E-state index in [1.54, 1.807) is 4.90 Å². The molecule has 1 saturated carbocycles. The van der Waals surface area contributed by atoms with Crippen LogP contribution in [0.15, 0.2) is 22.6 Å². The summed E-state index contributed by atoms with van der Waals surface area (Å²) in [6, 6.07) is 4.24. The third-order valence-electron chi connectivity index (χ3n) is 5.78. The van der Waals surface area contributed by atoms with Crippen molar-refractivity contribution in [1.29, 1.82) is 0 Å². The number of oxazole rings is 1. The molecule has 0 spiro atoms. The van der Waals surface area contributed by atoms with Crippen molar-refractivity contribution in [2.45, 2.75) is 45.3 Å². The van der Waals surface area contributed by atoms with E-state index in [0.29, 0.717) is 49.8 Å². The lowest BCUT2D eigenvalue weighted by atomic mass is 10.2. The number of rotatable bonds is 9. The van der Waals surface area contributed by atoms with Gasteiger partial charge < -0.3 is 28.8 Å². The van der Waals surface area contributed by atoms with Crippen molar-refractivity contribution in [1.82, 2.24) is 15.2 Å². The van der Waals surface area contributed by atoms with Crippen LogP contribution in [0.25, 0.3) is 11.5 Å². The molecule has 11 heteroatoms. The molecule has 1 aliphatic heterocycles. The average molecular weight is 479 g/mol. The summed E-state index contributed by atoms with van der Waals surface area (Å²) in [5, 5.41) is 2.70. The molecule has 1 aliphatic carbocycles. The summed E-state index contributed by atoms with van der Waals surface area (Å²) in [7, 11) is 1.28. The maximum atomic E-state index is 13.1. The first-order valence-electron chi connectivity index (χ1n) is 11.2. The van der Waals surface area contributed by atoms with Gasteiger partial charge in [-0.25, -0.2) is 9.78 Å². The molecule has 1 aromatic heterocycles. The second kappa shape index (κ2) is 10.3. The number of nitrogens with zero attached hydrogens (tertiary/aromatic N) is 2. The minimum atomic E-state index is -2.98. The fourth-order valence-electron chi connectivity index (χ4n) is 3.76. The van der Waals surface area contributed by atoms with Gasteiger partial charge in [-0.15, -0.1) is 0 Å². The maximum Gasteiger partial charge on any atom is 0.407 e. The molecule has 1 aromatic carbocycles. The van der Waals surface area contributed by atoms with Crippen LogP contribution >= 0.6 is 0 Å². The van der Waals surface area contributed by atoms with Crippen molar-refractivity contribution in [2.24, 2.45) is 5.92 Å². The normalized spacial score (nSPS) is 17.7. The molecule has 2 aromatic rings. The number of carbonyl (C=O) groups excluding carboxylic acids is 2. The minimum Gasteiger partial charge on any atom is -0.489 e. The zero-order valence-electron chi connectivity index (χ0n) is 19.0. The van der Waals surface area contributed by atoms with Crippen molar-refractivity contribution < 1.29 is 37.0 Å². The van der Waals surface area contributed by atoms with Crippen LogP contribution in [0, 0.1) is 5.92 Å². The Bertz CT molecular complexity index is 1040. The quantitative estimate of drug-likeness (QED) is 0.582. The van der Waals surface area contributed by atoms with Crippen LogP contribution in [0.2, 0.25) is 0 Å². The van der Waals surface area contributed by atoms with Crippen LogP contribution in [0.5, 0.6) is 11.5 Å². The molecule has 184 valence electrons. The highest BCUT2D eigenvalue weighted by Gasteiger charge is 2.32. The second-order valence-corrected chi connectivity index (χ2v) is 8.31. The van der Waals surface area contributed by atoms with Gasteiger partial charge in [0, 0.05) is 25.1 Å². The van der Waals surface area contributed by atoms with E-state index in [4.69, 9.17) is 9.15 Å². The highest BCUT2D eigenvalue weighted by molar-refractivity contribution is 5.94. The number of halogens is 2. The fraction of sp³-hybridized carbons (Fsp3) is 0.522. The van der Waals surface area contributed by atoms with Crippen molar-refractivity contribution in [3.8, 4) is 23.0 Å². The molecule has 1 saturated heterocycles. The van der Waals surface area contributed by atoms with Crippen LogP contribution in [0.4, 0.5) is 13.6 Å². The molecular weight excluding hydrogens is 452 g/mol. The third kappa shape index (κ3) is 5.57. The fourth-order valence-corrected chi connectivity index (χ4v) is 3.76. The van der Waals surface area contributed by atoms with Gasteiger partial charge in [-0.1, -0.05) is 6.92 Å². The number of alkyl halides is 2. The van der Waals surface area contributed by atoms with E-state index in [9.17, 15) is 18.4 Å². The smallest absolute Gasteiger partial charge is 0.407 e. The van der Waals surface area contributed by atoms with Crippen LogP contribution in [0.3, 0.4) is 0 Å². The number of nitrogens with one attached hydrogen (secondary N) is 1. The van der Waals surface area contributed by atoms with Gasteiger partial charge in [0.25, 0.3) is 5.91 Å². The Kier molecular flexibility index (Phi) is 7.18. The molecular formula is C23H27F2N3O6. The third-order valence-corrected chi connectivity index (χ3v) is 5.78. The Labute approximate surface area is 195 Å². The number of amides is 2. The van der Waals surface area contributed by atoms with Gasteiger partial charge in [-0.2, -0.15) is 8.78 Å². The Morgan fingerprint density at radius 3 is 2.74 bits per heavy atom. The van der Waals surface area contributed by atoms with E-state index in [1.807, 2.05) is 6.92 Å². The molecule has 9 nitrogen and oxygen atoms in total. The lowest BCUT2D eigenvalue weighted by molar-refractivity contribution is -0.0515. The van der Waals surface area contributed by atoms with Crippen molar-refractivity contribution in [2.75, 3.05) is 26.8 Å². The largest absolute Gasteiger partial charge is 0.489 e. The lowest BCUT2D eigenvalue weighted by Crippen LogP contribution is -2.38. The van der Waals surface area contributed by atoms with Crippen LogP contribution in [-0.4, -0.2) is 61.3 Å². The SMILES string of the molecule is CCc1oc(-c2ccc(OC(F)F)c(OCC3CC3)c2)nc1C(=O)N1CC[C@@H](NC(=O)OC)C1. The number of hydrogen-bond acceptors (Lipinski definition) is 7. The zero-order valence-corrected chi connectivity index (χ0v) is 19.0. The van der Waals surface area contributed by atoms with E-state index in [0.717, 1.165) is 12.8 Å². The molecule has 1 N–H and O–H groups in total. The molecule has 4 rings (SSSR count). The van der Waals surface area contributed by atoms with E-state index in [2.05, 4.69) is 19.8 Å². The minimum absolute atomic E-state index is 0.0702. The van der Waals surface area contributed by atoms with E-state index in [-0.39, 0.29) is 35.0 Å². The standard InChI is InChI=1S/C23H27F2N3O6/c1-3-16-19(21(29)28-9-8-15(11-28)26-23(30)31-2)27-20(33-16)14-6-7-17(34-22(24)25)18(10-14)32-12-13-4-5-13/h6-7,10,13,15,22H,3-5,8-9,11-12H2,1-2H3,(H,26,30)/t15-/m1/s1. The predicted octanol–water partition coefficient (Wildman–Crippen LogP) is 3.86. The molecule has 2 fully saturated rings. The maximum absolute atomic E-state index is 13.1. The number of aryl methyl sites for hydroxylation is 1. The molecule has 34 heavy (non-hydrogen) atoms. The average Bonchev–Trinajstić information content (AvgIpc) is 3.36. The molecule has 0 unspecified atom stereocenters. The van der Waals surface area contributed by atoms with Crippen LogP contribution < -0.4 is 14.8 Å². The molecule has 0 bridgehead atoms. The van der Waals surface area contributed by atoms with Gasteiger partial charge in [0.2, 0.25) is 5.89 Å². The highest BCUT2D eigenvalue weighted by Crippen LogP contribution is 2.37. The molecule has 0 radical (unpaired) electrons. The van der Waals surface area contributed by atoms with Crippen molar-refractivity contribution in [3.05, 3.63) is 29.7 Å². The van der Waals surface area contributed by atoms with Crippen LogP contribution in [0.1, 0.15) is 42.4 Å². The van der Waals surface area contributed by atoms with Gasteiger partial charge in [0.05, 0.1) is 19.8 Å². The summed E-state index contributed by atoms with van der Waals surface area (Å²) < 4.78 is 46.4. The van der Waals surface area contributed by atoms with Crippen LogP contribution in [-0.2, 0) is 11.2 Å². The number of aromatic nitrogens is 1. The number of carbonyl (C=O) groups is 2. The summed E-state index contributed by atoms with van der Waals surface area (Å²) in [5.74, 6) is 0.813. The number of ether oxygens (including phenoxy) is 3. The van der Waals surface area contributed by atoms with Gasteiger partial charge >= 0.3 is 12.7 Å². The molecule has 2 aliphatic rings. The summed E-state index contributed by atoms with van der Waals surface area (Å²) in [6.07, 6.45) is 2.57. The van der Waals surface area contributed by atoms with Gasteiger partial charge in [-0.3, -0.25) is 4.79 Å². The van der Waals surface area contributed by atoms with E-state index in [1.165, 1.54) is 25.3 Å². The summed E-state index contributed by atoms with van der Waals surface area (Å²) in [4.78, 5) is 30.6. The van der Waals surface area contributed by atoms with E-state index >= 15 is 0 Å². The topological polar surface area (TPSA) is 103 Å². The first kappa shape index (κ1) is 23.8. The first-order valence-corrected chi connectivity index (χ1v) is 11.2. The molecule has 2 amide bonds. The Morgan fingerprint density at radius 2 is 2.06 bits per heavy atom. The number of hydrogen-bond donors (Lipinski definition) is 1. The molecule has 2 heterocycles. The first-order chi connectivity index (χ1) is 16.4. The van der Waals surface area contributed by atoms with Crippen molar-refractivity contribution >= 4 is 12.0 Å². The monoisotopic (exact) mass is 479 g/mol. The van der Waals surface area contributed by atoms with E-state index < -0.39 is 12.7 Å². The van der Waals surface area contributed by atoms with Gasteiger partial charge in [-0.05, 0) is 43.4 Å². The number of benzene rings is 1. The number of likely N-dealkylation sites (tertiary alicyclic amines) is 1. The summed E-state index contributed by atoms with van der Waals surface area (Å²) >= 11 is 0. The predicted molar refractivity (Wildman–Crippen MR) is 116 cm³/mol. The summed E-state index contributed by atoms with van der Waals surface area (Å²) in [6.45, 7) is 0.0604. The molecule has 1 atom stereocenters. The lowest BCUT2D eigenvalue weighted by Gasteiger charge is -2.16. The number of methoxy groups -OCH3 is 1.